The van der Waals surface area contributed by atoms with Crippen LogP contribution in [0.5, 0.6) is 0 Å². The van der Waals surface area contributed by atoms with E-state index in [0.29, 0.717) is 6.61 Å². The van der Waals surface area contributed by atoms with Crippen molar-refractivity contribution in [3.8, 4) is 0 Å². The number of ether oxygens (including phenoxy) is 1. The third kappa shape index (κ3) is 4.37. The van der Waals surface area contributed by atoms with Crippen LogP contribution in [-0.2, 0) is 4.74 Å². The lowest BCUT2D eigenvalue weighted by Crippen LogP contribution is -2.41. The summed E-state index contributed by atoms with van der Waals surface area (Å²) >= 11 is 0. The lowest BCUT2D eigenvalue weighted by Gasteiger charge is -2.30. The fraction of sp³-hybridized carbons (Fsp3) is 1.00. The molecule has 1 fully saturated rings. The van der Waals surface area contributed by atoms with Crippen molar-refractivity contribution < 1.29 is 9.84 Å². The van der Waals surface area contributed by atoms with E-state index in [4.69, 9.17) is 9.84 Å². The number of likely N-dealkylation sites (tertiary alicyclic amines) is 1. The molecule has 1 saturated heterocycles. The lowest BCUT2D eigenvalue weighted by molar-refractivity contribution is 0.126. The Morgan fingerprint density at radius 1 is 1.50 bits per heavy atom. The Kier molecular flexibility index (Phi) is 6.10. The van der Waals surface area contributed by atoms with E-state index in [9.17, 15) is 0 Å². The first-order chi connectivity index (χ1) is 6.86. The molecule has 1 aliphatic rings. The molecule has 0 aromatic carbocycles. The molecule has 0 amide bonds. The second-order valence-electron chi connectivity index (χ2n) is 3.84. The van der Waals surface area contributed by atoms with Crippen LogP contribution in [0.25, 0.3) is 0 Å². The zero-order chi connectivity index (χ0) is 10.2. The standard InChI is InChI=1S/C10H22N2O2/c1-14-9-10(8-13)11-4-2-5-12-6-3-7-12/h10-11,13H,2-9H2,1H3. The molecule has 2 N–H and O–H groups in total. The zero-order valence-corrected chi connectivity index (χ0v) is 9.04. The van der Waals surface area contributed by atoms with Crippen LogP contribution >= 0.6 is 0 Å². The van der Waals surface area contributed by atoms with Gasteiger partial charge >= 0.3 is 0 Å². The van der Waals surface area contributed by atoms with Crippen LogP contribution in [0.15, 0.2) is 0 Å². The largest absolute Gasteiger partial charge is 0.395 e. The van der Waals surface area contributed by atoms with Crippen molar-refractivity contribution in [2.24, 2.45) is 0 Å². The third-order valence-electron chi connectivity index (χ3n) is 2.62. The molecule has 1 rings (SSSR count). The molecule has 84 valence electrons. The number of nitrogens with zero attached hydrogens (tertiary/aromatic N) is 1. The van der Waals surface area contributed by atoms with E-state index in [-0.39, 0.29) is 12.6 Å². The number of aliphatic hydroxyl groups excluding tert-OH is 1. The van der Waals surface area contributed by atoms with Crippen LogP contribution in [0.1, 0.15) is 12.8 Å². The van der Waals surface area contributed by atoms with E-state index in [2.05, 4.69) is 10.2 Å². The van der Waals surface area contributed by atoms with Gasteiger partial charge in [-0.3, -0.25) is 0 Å². The highest BCUT2D eigenvalue weighted by atomic mass is 16.5. The van der Waals surface area contributed by atoms with Crippen molar-refractivity contribution in [2.45, 2.75) is 18.9 Å². The number of hydrogen-bond donors (Lipinski definition) is 2. The Morgan fingerprint density at radius 3 is 2.79 bits per heavy atom. The average molecular weight is 202 g/mol. The van der Waals surface area contributed by atoms with Crippen molar-refractivity contribution in [3.63, 3.8) is 0 Å². The Balaban J connectivity index is 1.89. The van der Waals surface area contributed by atoms with Gasteiger partial charge in [-0.15, -0.1) is 0 Å². The first kappa shape index (κ1) is 11.9. The van der Waals surface area contributed by atoms with Gasteiger partial charge in [0.2, 0.25) is 0 Å². The summed E-state index contributed by atoms with van der Waals surface area (Å²) in [4.78, 5) is 2.45. The molecule has 1 unspecified atom stereocenters. The predicted molar refractivity (Wildman–Crippen MR) is 56.4 cm³/mol. The Morgan fingerprint density at radius 2 is 2.29 bits per heavy atom. The number of rotatable bonds is 8. The summed E-state index contributed by atoms with van der Waals surface area (Å²) < 4.78 is 4.97. The van der Waals surface area contributed by atoms with Gasteiger partial charge in [0.15, 0.2) is 0 Å². The maximum atomic E-state index is 8.97. The van der Waals surface area contributed by atoms with E-state index in [0.717, 1.165) is 13.0 Å². The van der Waals surface area contributed by atoms with Crippen molar-refractivity contribution in [2.75, 3.05) is 46.5 Å². The van der Waals surface area contributed by atoms with Crippen molar-refractivity contribution in [3.05, 3.63) is 0 Å². The monoisotopic (exact) mass is 202 g/mol. The molecule has 1 atom stereocenters. The van der Waals surface area contributed by atoms with E-state index >= 15 is 0 Å². The number of aliphatic hydroxyl groups is 1. The molecular weight excluding hydrogens is 180 g/mol. The molecule has 1 heterocycles. The van der Waals surface area contributed by atoms with Crippen LogP contribution in [-0.4, -0.2) is 62.6 Å². The lowest BCUT2D eigenvalue weighted by atomic mass is 10.2. The van der Waals surface area contributed by atoms with Crippen molar-refractivity contribution in [1.29, 1.82) is 0 Å². The zero-order valence-electron chi connectivity index (χ0n) is 9.04. The minimum atomic E-state index is 0.0939. The summed E-state index contributed by atoms with van der Waals surface area (Å²) in [5, 5.41) is 12.2. The van der Waals surface area contributed by atoms with Crippen LogP contribution in [0.3, 0.4) is 0 Å². The normalized spacial score (nSPS) is 19.3. The fourth-order valence-corrected chi connectivity index (χ4v) is 1.59. The quantitative estimate of drug-likeness (QED) is 0.530. The van der Waals surface area contributed by atoms with Gasteiger partial charge in [0.25, 0.3) is 0 Å². The smallest absolute Gasteiger partial charge is 0.0638 e. The fourth-order valence-electron chi connectivity index (χ4n) is 1.59. The van der Waals surface area contributed by atoms with E-state index < -0.39 is 0 Å². The van der Waals surface area contributed by atoms with Gasteiger partial charge in [-0.2, -0.15) is 0 Å². The summed E-state index contributed by atoms with van der Waals surface area (Å²) in [6.07, 6.45) is 2.51. The third-order valence-corrected chi connectivity index (χ3v) is 2.62. The first-order valence-electron chi connectivity index (χ1n) is 5.42. The molecule has 0 aromatic heterocycles. The molecule has 0 bridgehead atoms. The van der Waals surface area contributed by atoms with Gasteiger partial charge in [-0.05, 0) is 39.0 Å². The molecule has 0 aliphatic carbocycles. The molecule has 4 nitrogen and oxygen atoms in total. The maximum absolute atomic E-state index is 8.97. The molecule has 1 aliphatic heterocycles. The van der Waals surface area contributed by atoms with Gasteiger partial charge in [-0.25, -0.2) is 0 Å². The SMILES string of the molecule is COCC(CO)NCCCN1CCC1. The average Bonchev–Trinajstić information content (AvgIpc) is 2.13. The van der Waals surface area contributed by atoms with E-state index in [1.807, 2.05) is 0 Å². The Labute approximate surface area is 86.2 Å². The van der Waals surface area contributed by atoms with Crippen LogP contribution < -0.4 is 5.32 Å². The molecule has 0 radical (unpaired) electrons. The van der Waals surface area contributed by atoms with Gasteiger partial charge in [-0.1, -0.05) is 0 Å². The highest BCUT2D eigenvalue weighted by Gasteiger charge is 2.12. The molecular formula is C10H22N2O2. The summed E-state index contributed by atoms with van der Waals surface area (Å²) in [7, 11) is 1.66. The Bertz CT molecular complexity index is 140. The number of nitrogens with one attached hydrogen (secondary N) is 1. The molecule has 0 saturated carbocycles. The maximum Gasteiger partial charge on any atom is 0.0638 e. The summed E-state index contributed by atoms with van der Waals surface area (Å²) in [5.41, 5.74) is 0. The second-order valence-corrected chi connectivity index (χ2v) is 3.84. The second kappa shape index (κ2) is 7.17. The van der Waals surface area contributed by atoms with E-state index in [1.165, 1.54) is 26.1 Å². The first-order valence-corrected chi connectivity index (χ1v) is 5.42. The molecule has 0 aromatic rings. The summed E-state index contributed by atoms with van der Waals surface area (Å²) in [5.74, 6) is 0. The van der Waals surface area contributed by atoms with Crippen LogP contribution in [0.2, 0.25) is 0 Å². The highest BCUT2D eigenvalue weighted by molar-refractivity contribution is 4.69. The molecule has 14 heavy (non-hydrogen) atoms. The summed E-state index contributed by atoms with van der Waals surface area (Å²) in [6.45, 7) is 5.41. The van der Waals surface area contributed by atoms with Crippen molar-refractivity contribution >= 4 is 0 Å². The topological polar surface area (TPSA) is 44.7 Å². The Hall–Kier alpha value is -0.160. The minimum Gasteiger partial charge on any atom is -0.395 e. The van der Waals surface area contributed by atoms with Gasteiger partial charge in [0.05, 0.1) is 19.3 Å². The highest BCUT2D eigenvalue weighted by Crippen LogP contribution is 2.05. The van der Waals surface area contributed by atoms with E-state index in [1.54, 1.807) is 7.11 Å². The molecule has 0 spiro atoms. The predicted octanol–water partition coefficient (Wildman–Crippen LogP) is -0.321. The summed E-state index contributed by atoms with van der Waals surface area (Å²) in [6, 6.07) is 0.0939. The molecule has 4 heteroatoms. The minimum absolute atomic E-state index is 0.0939. The number of hydrogen-bond acceptors (Lipinski definition) is 4. The van der Waals surface area contributed by atoms with Gasteiger partial charge < -0.3 is 20.1 Å². The van der Waals surface area contributed by atoms with Crippen LogP contribution in [0, 0.1) is 0 Å². The van der Waals surface area contributed by atoms with Gasteiger partial charge in [0, 0.05) is 7.11 Å². The van der Waals surface area contributed by atoms with Crippen molar-refractivity contribution in [1.82, 2.24) is 10.2 Å². The number of methoxy groups -OCH3 is 1. The van der Waals surface area contributed by atoms with Crippen LogP contribution in [0.4, 0.5) is 0 Å². The van der Waals surface area contributed by atoms with Gasteiger partial charge in [0.1, 0.15) is 0 Å².